The lowest BCUT2D eigenvalue weighted by Crippen LogP contribution is -2.44. The molecule has 0 saturated carbocycles. The normalized spacial score (nSPS) is 12.7. The monoisotopic (exact) mass is 570 g/mol. The molecule has 40 heavy (non-hydrogen) atoms. The first-order valence-corrected chi connectivity index (χ1v) is 18.0. The highest BCUT2D eigenvalue weighted by Gasteiger charge is 2.40. The Morgan fingerprint density at radius 1 is 0.850 bits per heavy atom. The molecule has 0 N–H and O–H groups in total. The Hall–Kier alpha value is -3.55. The molecule has 0 spiro atoms. The van der Waals surface area contributed by atoms with Gasteiger partial charge in [0.15, 0.2) is 0 Å². The maximum atomic E-state index is 14.3. The summed E-state index contributed by atoms with van der Waals surface area (Å²) in [5, 5.41) is 2.85. The van der Waals surface area contributed by atoms with Crippen LogP contribution >= 0.6 is 0 Å². The number of sulfonamides is 1. The first kappa shape index (κ1) is 28.0. The molecule has 1 heterocycles. The van der Waals surface area contributed by atoms with E-state index < -0.39 is 18.3 Å². The molecule has 5 aromatic rings. The van der Waals surface area contributed by atoms with Crippen LogP contribution in [0.4, 0.5) is 5.69 Å². The van der Waals surface area contributed by atoms with Gasteiger partial charge in [-0.15, -0.1) is 0 Å². The maximum absolute atomic E-state index is 14.3. The molecule has 0 unspecified atom stereocenters. The number of hydrogen-bond acceptors (Lipinski definition) is 3. The zero-order valence-electron chi connectivity index (χ0n) is 24.4. The Labute approximate surface area is 239 Å². The third kappa shape index (κ3) is 5.04. The highest BCUT2D eigenvalue weighted by atomic mass is 32.2. The average molecular weight is 571 g/mol. The third-order valence-corrected chi connectivity index (χ3v) is 14.4. The molecule has 1 aromatic heterocycles. The van der Waals surface area contributed by atoms with Crippen LogP contribution in [0.25, 0.3) is 21.7 Å². The van der Waals surface area contributed by atoms with E-state index in [0.29, 0.717) is 5.69 Å². The van der Waals surface area contributed by atoms with E-state index in [9.17, 15) is 8.42 Å². The van der Waals surface area contributed by atoms with Crippen LogP contribution < -0.4 is 8.73 Å². The fourth-order valence-corrected chi connectivity index (χ4v) is 7.29. The minimum atomic E-state index is -3.89. The van der Waals surface area contributed by atoms with Crippen molar-refractivity contribution >= 4 is 45.7 Å². The second-order valence-electron chi connectivity index (χ2n) is 12.0. The van der Waals surface area contributed by atoms with Crippen molar-refractivity contribution in [1.82, 2.24) is 4.57 Å². The quantitative estimate of drug-likeness (QED) is 0.185. The van der Waals surface area contributed by atoms with Crippen LogP contribution in [0, 0.1) is 6.92 Å². The van der Waals surface area contributed by atoms with Crippen LogP contribution in [-0.2, 0) is 23.6 Å². The SMILES string of the molecule is Cc1c(O[Si](C)(C)C(C)(C)C)c2cc(N(Cc3ccccc3)S(=O)(=O)c3ccc4ccccc4c3)ccc2n1C. The summed E-state index contributed by atoms with van der Waals surface area (Å²) in [5.74, 6) is 0.841. The van der Waals surface area contributed by atoms with Crippen molar-refractivity contribution in [1.29, 1.82) is 0 Å². The van der Waals surface area contributed by atoms with Gasteiger partial charge >= 0.3 is 0 Å². The van der Waals surface area contributed by atoms with Gasteiger partial charge in [0.05, 0.1) is 28.3 Å². The van der Waals surface area contributed by atoms with Crippen LogP contribution in [0.1, 0.15) is 32.0 Å². The molecule has 0 atom stereocenters. The first-order valence-electron chi connectivity index (χ1n) is 13.6. The smallest absolute Gasteiger partial charge is 0.264 e. The van der Waals surface area contributed by atoms with Crippen molar-refractivity contribution in [3.8, 4) is 5.75 Å². The zero-order valence-corrected chi connectivity index (χ0v) is 26.2. The topological polar surface area (TPSA) is 51.5 Å². The molecule has 5 nitrogen and oxygen atoms in total. The van der Waals surface area contributed by atoms with Gasteiger partial charge in [-0.3, -0.25) is 4.31 Å². The highest BCUT2D eigenvalue weighted by molar-refractivity contribution is 7.92. The van der Waals surface area contributed by atoms with E-state index in [4.69, 9.17) is 4.43 Å². The minimum Gasteiger partial charge on any atom is -0.542 e. The molecule has 0 fully saturated rings. The number of benzene rings is 4. The van der Waals surface area contributed by atoms with Gasteiger partial charge in [0.25, 0.3) is 18.3 Å². The molecule has 0 aliphatic heterocycles. The lowest BCUT2D eigenvalue weighted by Gasteiger charge is -2.36. The van der Waals surface area contributed by atoms with Gasteiger partial charge in [-0.2, -0.15) is 0 Å². The summed E-state index contributed by atoms with van der Waals surface area (Å²) in [5.41, 5.74) is 3.56. The molecular formula is C33H38N2O3SSi. The van der Waals surface area contributed by atoms with E-state index >= 15 is 0 Å². The Morgan fingerprint density at radius 3 is 2.17 bits per heavy atom. The number of anilines is 1. The van der Waals surface area contributed by atoms with Crippen molar-refractivity contribution in [3.05, 3.63) is 102 Å². The number of fused-ring (bicyclic) bond motifs is 2. The van der Waals surface area contributed by atoms with Gasteiger partial charge in [-0.1, -0.05) is 81.4 Å². The van der Waals surface area contributed by atoms with Gasteiger partial charge in [0.2, 0.25) is 0 Å². The molecule has 0 radical (unpaired) electrons. The Balaban J connectivity index is 1.68. The molecular weight excluding hydrogens is 533 g/mol. The van der Waals surface area contributed by atoms with Gasteiger partial charge in [0, 0.05) is 12.4 Å². The summed E-state index contributed by atoms with van der Waals surface area (Å²) in [6.07, 6.45) is 0. The molecule has 0 aliphatic carbocycles. The summed E-state index contributed by atoms with van der Waals surface area (Å²) in [4.78, 5) is 0.268. The summed E-state index contributed by atoms with van der Waals surface area (Å²) < 4.78 is 39.2. The molecule has 5 rings (SSSR count). The largest absolute Gasteiger partial charge is 0.542 e. The van der Waals surface area contributed by atoms with Crippen LogP contribution in [0.5, 0.6) is 5.75 Å². The van der Waals surface area contributed by atoms with Crippen molar-refractivity contribution < 1.29 is 12.8 Å². The van der Waals surface area contributed by atoms with Gasteiger partial charge in [0.1, 0.15) is 5.75 Å². The van der Waals surface area contributed by atoms with Crippen molar-refractivity contribution in [2.45, 2.75) is 57.3 Å². The third-order valence-electron chi connectivity index (χ3n) is 8.35. The molecule has 0 saturated heterocycles. The van der Waals surface area contributed by atoms with Crippen molar-refractivity contribution in [2.24, 2.45) is 7.05 Å². The number of rotatable bonds is 7. The lowest BCUT2D eigenvalue weighted by molar-refractivity contribution is 0.491. The van der Waals surface area contributed by atoms with Crippen LogP contribution in [0.2, 0.25) is 18.1 Å². The standard InChI is InChI=1S/C33H38N2O3SSi/c1-24-32(38-40(6,7)33(2,3)4)30-22-28(18-20-31(30)34(24)5)35(23-25-13-9-8-10-14-25)39(36,37)29-19-17-26-15-11-12-16-27(26)21-29/h8-22H,23H2,1-7H3. The Bertz CT molecular complexity index is 1800. The van der Waals surface area contributed by atoms with E-state index in [0.717, 1.165) is 38.7 Å². The molecule has 0 bridgehead atoms. The summed E-state index contributed by atoms with van der Waals surface area (Å²) in [6.45, 7) is 13.4. The minimum absolute atomic E-state index is 0.0258. The van der Waals surface area contributed by atoms with E-state index in [2.05, 4.69) is 45.4 Å². The van der Waals surface area contributed by atoms with Crippen LogP contribution in [-0.4, -0.2) is 21.3 Å². The van der Waals surface area contributed by atoms with Gasteiger partial charge in [-0.05, 0) is 71.7 Å². The van der Waals surface area contributed by atoms with Crippen LogP contribution in [0.3, 0.4) is 0 Å². The summed E-state index contributed by atoms with van der Waals surface area (Å²) >= 11 is 0. The van der Waals surface area contributed by atoms with E-state index in [1.54, 1.807) is 12.1 Å². The molecule has 4 aromatic carbocycles. The summed E-state index contributed by atoms with van der Waals surface area (Å²) in [7, 11) is -4.01. The van der Waals surface area contributed by atoms with Crippen molar-refractivity contribution in [2.75, 3.05) is 4.31 Å². The fourth-order valence-electron chi connectivity index (χ4n) is 4.74. The first-order chi connectivity index (χ1) is 18.8. The second-order valence-corrected chi connectivity index (χ2v) is 18.6. The molecule has 7 heteroatoms. The molecule has 208 valence electrons. The lowest BCUT2D eigenvalue weighted by atomic mass is 10.1. The fraction of sp³-hybridized carbons (Fsp3) is 0.273. The number of nitrogens with zero attached hydrogens (tertiary/aromatic N) is 2. The highest BCUT2D eigenvalue weighted by Crippen LogP contribution is 2.43. The average Bonchev–Trinajstić information content (AvgIpc) is 3.15. The maximum Gasteiger partial charge on any atom is 0.264 e. The Kier molecular flexibility index (Phi) is 7.09. The predicted octanol–water partition coefficient (Wildman–Crippen LogP) is 8.42. The van der Waals surface area contributed by atoms with Crippen molar-refractivity contribution in [3.63, 3.8) is 0 Å². The Morgan fingerprint density at radius 2 is 1.50 bits per heavy atom. The van der Waals surface area contributed by atoms with E-state index in [1.165, 1.54) is 4.31 Å². The molecule has 0 amide bonds. The number of aromatic nitrogens is 1. The van der Waals surface area contributed by atoms with Gasteiger partial charge in [-0.25, -0.2) is 8.42 Å². The molecule has 0 aliphatic rings. The second kappa shape index (κ2) is 10.1. The number of hydrogen-bond donors (Lipinski definition) is 0. The van der Waals surface area contributed by atoms with E-state index in [1.807, 2.05) is 85.9 Å². The zero-order chi connectivity index (χ0) is 28.9. The predicted molar refractivity (Wildman–Crippen MR) is 169 cm³/mol. The van der Waals surface area contributed by atoms with Crippen LogP contribution in [0.15, 0.2) is 95.9 Å². The van der Waals surface area contributed by atoms with Gasteiger partial charge < -0.3 is 8.99 Å². The van der Waals surface area contributed by atoms with E-state index in [-0.39, 0.29) is 16.5 Å². The summed E-state index contributed by atoms with van der Waals surface area (Å²) in [6, 6.07) is 28.8. The number of aryl methyl sites for hydroxylation is 1.